The molecule has 7 heteroatoms. The van der Waals surface area contributed by atoms with Crippen molar-refractivity contribution in [3.8, 4) is 0 Å². The van der Waals surface area contributed by atoms with E-state index >= 15 is 0 Å². The maximum Gasteiger partial charge on any atom is 0.178 e. The molecule has 0 aliphatic rings. The Morgan fingerprint density at radius 3 is 3.06 bits per heavy atom. The highest BCUT2D eigenvalue weighted by atomic mass is 35.5. The van der Waals surface area contributed by atoms with Crippen molar-refractivity contribution in [3.05, 3.63) is 34.1 Å². The molecule has 0 bridgehead atoms. The average Bonchev–Trinajstić information content (AvgIpc) is 2.90. The van der Waals surface area contributed by atoms with Crippen molar-refractivity contribution >= 4 is 34.1 Å². The summed E-state index contributed by atoms with van der Waals surface area (Å²) < 4.78 is 1.74. The molecule has 0 aliphatic carbocycles. The van der Waals surface area contributed by atoms with Gasteiger partial charge in [0.05, 0.1) is 30.1 Å². The molecular weight excluding hydrogens is 246 g/mol. The molecule has 3 rings (SSSR count). The number of halogens is 1. The lowest BCUT2D eigenvalue weighted by molar-refractivity contribution is 0.692. The second-order valence-corrected chi connectivity index (χ2v) is 4.29. The predicted octanol–water partition coefficient (Wildman–Crippen LogP) is 1.98. The van der Waals surface area contributed by atoms with Crippen molar-refractivity contribution in [1.29, 1.82) is 0 Å². The first-order valence-corrected chi connectivity index (χ1v) is 5.86. The van der Waals surface area contributed by atoms with E-state index in [0.29, 0.717) is 17.3 Å². The van der Waals surface area contributed by atoms with Crippen molar-refractivity contribution in [2.24, 2.45) is 0 Å². The molecule has 0 radical (unpaired) electrons. The van der Waals surface area contributed by atoms with Crippen LogP contribution in [0.1, 0.15) is 5.69 Å². The van der Waals surface area contributed by atoms with Gasteiger partial charge in [-0.25, -0.2) is 19.6 Å². The van der Waals surface area contributed by atoms with Crippen molar-refractivity contribution in [3.63, 3.8) is 0 Å². The normalized spacial score (nSPS) is 11.1. The van der Waals surface area contributed by atoms with E-state index in [2.05, 4.69) is 20.1 Å². The minimum atomic E-state index is 0.368. The van der Waals surface area contributed by atoms with Crippen LogP contribution in [0.15, 0.2) is 23.3 Å². The SMILES string of the molecule is Clc1cnc2cnn(Cc3cscn3)c2n1. The zero-order valence-corrected chi connectivity index (χ0v) is 9.61. The zero-order chi connectivity index (χ0) is 11.0. The second-order valence-electron chi connectivity index (χ2n) is 3.18. The molecule has 0 spiro atoms. The van der Waals surface area contributed by atoms with Gasteiger partial charge < -0.3 is 0 Å². The van der Waals surface area contributed by atoms with Gasteiger partial charge >= 0.3 is 0 Å². The second kappa shape index (κ2) is 3.80. The van der Waals surface area contributed by atoms with Crippen molar-refractivity contribution in [2.45, 2.75) is 6.54 Å². The van der Waals surface area contributed by atoms with E-state index in [0.717, 1.165) is 11.2 Å². The topological polar surface area (TPSA) is 56.5 Å². The fraction of sp³-hybridized carbons (Fsp3) is 0.111. The number of hydrogen-bond donors (Lipinski definition) is 0. The van der Waals surface area contributed by atoms with Gasteiger partial charge in [-0.15, -0.1) is 11.3 Å². The number of fused-ring (bicyclic) bond motifs is 1. The third-order valence-corrected chi connectivity index (χ3v) is 2.93. The van der Waals surface area contributed by atoms with Crippen LogP contribution in [0.3, 0.4) is 0 Å². The molecule has 3 heterocycles. The van der Waals surface area contributed by atoms with E-state index in [4.69, 9.17) is 11.6 Å². The van der Waals surface area contributed by atoms with Gasteiger partial charge in [-0.1, -0.05) is 11.6 Å². The Bertz CT molecular complexity index is 618. The van der Waals surface area contributed by atoms with Crippen molar-refractivity contribution < 1.29 is 0 Å². The van der Waals surface area contributed by atoms with Gasteiger partial charge in [-0.2, -0.15) is 5.10 Å². The lowest BCUT2D eigenvalue weighted by Crippen LogP contribution is -2.02. The van der Waals surface area contributed by atoms with Crippen LogP contribution in [-0.4, -0.2) is 24.7 Å². The maximum absolute atomic E-state index is 5.80. The molecule has 0 aromatic carbocycles. The standard InChI is InChI=1S/C9H6ClN5S/c10-8-2-11-7-1-13-15(9(7)14-8)3-6-4-16-5-12-6/h1-2,4-5H,3H2. The summed E-state index contributed by atoms with van der Waals surface area (Å²) >= 11 is 7.36. The van der Waals surface area contributed by atoms with Crippen LogP contribution in [-0.2, 0) is 6.54 Å². The largest absolute Gasteiger partial charge is 0.248 e. The van der Waals surface area contributed by atoms with Gasteiger partial charge in [0, 0.05) is 5.38 Å². The molecule has 0 atom stereocenters. The molecule has 5 nitrogen and oxygen atoms in total. The monoisotopic (exact) mass is 251 g/mol. The molecule has 0 saturated carbocycles. The van der Waals surface area contributed by atoms with E-state index in [1.807, 2.05) is 5.38 Å². The molecule has 3 aromatic heterocycles. The third kappa shape index (κ3) is 1.66. The number of thiazole rings is 1. The molecule has 0 aliphatic heterocycles. The molecule has 0 N–H and O–H groups in total. The van der Waals surface area contributed by atoms with Gasteiger partial charge in [0.1, 0.15) is 10.7 Å². The Morgan fingerprint density at radius 2 is 2.25 bits per heavy atom. The summed E-state index contributed by atoms with van der Waals surface area (Å²) in [6.45, 7) is 0.585. The van der Waals surface area contributed by atoms with Crippen molar-refractivity contribution in [2.75, 3.05) is 0 Å². The molecule has 0 unspecified atom stereocenters. The lowest BCUT2D eigenvalue weighted by atomic mass is 10.5. The van der Waals surface area contributed by atoms with E-state index in [1.165, 1.54) is 6.20 Å². The maximum atomic E-state index is 5.80. The number of rotatable bonds is 2. The van der Waals surface area contributed by atoms with Gasteiger partial charge in [0.2, 0.25) is 0 Å². The summed E-state index contributed by atoms with van der Waals surface area (Å²) in [7, 11) is 0. The fourth-order valence-corrected chi connectivity index (χ4v) is 2.09. The van der Waals surface area contributed by atoms with Gasteiger partial charge in [-0.3, -0.25) is 0 Å². The Hall–Kier alpha value is -1.53. The van der Waals surface area contributed by atoms with E-state index in [-0.39, 0.29) is 0 Å². The summed E-state index contributed by atoms with van der Waals surface area (Å²) in [6, 6.07) is 0. The predicted molar refractivity (Wildman–Crippen MR) is 61.5 cm³/mol. The zero-order valence-electron chi connectivity index (χ0n) is 8.04. The van der Waals surface area contributed by atoms with Crippen LogP contribution in [0, 0.1) is 0 Å². The summed E-state index contributed by atoms with van der Waals surface area (Å²) in [4.78, 5) is 12.5. The smallest absolute Gasteiger partial charge is 0.178 e. The average molecular weight is 252 g/mol. The van der Waals surface area contributed by atoms with Gasteiger partial charge in [0.25, 0.3) is 0 Å². The van der Waals surface area contributed by atoms with Gasteiger partial charge in [-0.05, 0) is 0 Å². The highest BCUT2D eigenvalue weighted by molar-refractivity contribution is 7.07. The molecule has 3 aromatic rings. The molecule has 0 fully saturated rings. The van der Waals surface area contributed by atoms with Crippen LogP contribution >= 0.6 is 22.9 Å². The highest BCUT2D eigenvalue weighted by Gasteiger charge is 2.07. The summed E-state index contributed by atoms with van der Waals surface area (Å²) in [5.74, 6) is 0. The quantitative estimate of drug-likeness (QED) is 0.699. The third-order valence-electron chi connectivity index (χ3n) is 2.11. The Kier molecular flexibility index (Phi) is 2.30. The summed E-state index contributed by atoms with van der Waals surface area (Å²) in [5.41, 5.74) is 4.16. The molecule has 0 amide bonds. The van der Waals surface area contributed by atoms with Crippen molar-refractivity contribution in [1.82, 2.24) is 24.7 Å². The fourth-order valence-electron chi connectivity index (χ4n) is 1.41. The first kappa shape index (κ1) is 9.68. The van der Waals surface area contributed by atoms with E-state index in [1.54, 1.807) is 27.7 Å². The van der Waals surface area contributed by atoms with Crippen LogP contribution < -0.4 is 0 Å². The van der Waals surface area contributed by atoms with Crippen LogP contribution in [0.4, 0.5) is 0 Å². The minimum absolute atomic E-state index is 0.368. The van der Waals surface area contributed by atoms with Crippen LogP contribution in [0.25, 0.3) is 11.2 Å². The molecular formula is C9H6ClN5S. The number of nitrogens with zero attached hydrogens (tertiary/aromatic N) is 5. The van der Waals surface area contributed by atoms with Gasteiger partial charge in [0.15, 0.2) is 5.65 Å². The first-order chi connectivity index (χ1) is 7.83. The molecule has 80 valence electrons. The Labute approximate surface area is 99.7 Å². The van der Waals surface area contributed by atoms with E-state index in [9.17, 15) is 0 Å². The highest BCUT2D eigenvalue weighted by Crippen LogP contribution is 2.13. The minimum Gasteiger partial charge on any atom is -0.248 e. The Balaban J connectivity index is 2.07. The number of aromatic nitrogens is 5. The van der Waals surface area contributed by atoms with Crippen LogP contribution in [0.2, 0.25) is 5.15 Å². The number of hydrogen-bond acceptors (Lipinski definition) is 5. The Morgan fingerprint density at radius 1 is 1.31 bits per heavy atom. The van der Waals surface area contributed by atoms with E-state index < -0.39 is 0 Å². The van der Waals surface area contributed by atoms with Crippen LogP contribution in [0.5, 0.6) is 0 Å². The first-order valence-electron chi connectivity index (χ1n) is 4.54. The summed E-state index contributed by atoms with van der Waals surface area (Å²) in [6.07, 6.45) is 3.18. The molecule has 0 saturated heterocycles. The lowest BCUT2D eigenvalue weighted by Gasteiger charge is -1.99. The summed E-state index contributed by atoms with van der Waals surface area (Å²) in [5, 5.41) is 6.55. The molecule has 16 heavy (non-hydrogen) atoms.